The highest BCUT2D eigenvalue weighted by Gasteiger charge is 2.38. The number of anilines is 1. The number of aromatic nitrogens is 2. The number of alkyl carbamates (subject to hydrolysis) is 1. The van der Waals surface area contributed by atoms with Gasteiger partial charge < -0.3 is 14.8 Å². The van der Waals surface area contributed by atoms with E-state index in [9.17, 15) is 18.2 Å². The molecule has 2 atom stereocenters. The molecule has 0 bridgehead atoms. The minimum atomic E-state index is -1.37. The number of hydrogen-bond acceptors (Lipinski definition) is 9. The Balaban J connectivity index is 2.52. The zero-order chi connectivity index (χ0) is 30.8. The summed E-state index contributed by atoms with van der Waals surface area (Å²) in [7, 11) is 0. The molecule has 224 valence electrons. The fraction of sp³-hybridized carbons (Fsp3) is 0.519. The van der Waals surface area contributed by atoms with E-state index >= 15 is 4.39 Å². The second-order valence-corrected chi connectivity index (χ2v) is 11.1. The minimum Gasteiger partial charge on any atom is -0.461 e. The molecule has 2 aromatic heterocycles. The van der Waals surface area contributed by atoms with Gasteiger partial charge >= 0.3 is 6.09 Å². The third-order valence-corrected chi connectivity index (χ3v) is 6.24. The summed E-state index contributed by atoms with van der Waals surface area (Å²) in [5.41, 5.74) is -2.22. The predicted octanol–water partition coefficient (Wildman–Crippen LogP) is 5.39. The smallest absolute Gasteiger partial charge is 0.413 e. The molecule has 0 fully saturated rings. The van der Waals surface area contributed by atoms with E-state index in [1.54, 1.807) is 34.6 Å². The number of ether oxygens (including phenoxy) is 2. The van der Waals surface area contributed by atoms with Crippen LogP contribution in [0.15, 0.2) is 39.8 Å². The van der Waals surface area contributed by atoms with E-state index in [1.165, 1.54) is 24.4 Å². The first-order valence-electron chi connectivity index (χ1n) is 12.9. The summed E-state index contributed by atoms with van der Waals surface area (Å²) in [5.74, 6) is -1.64. The number of amides is 2. The molecule has 0 aliphatic heterocycles. The lowest BCUT2D eigenvalue weighted by Crippen LogP contribution is -2.42. The maximum absolute atomic E-state index is 15.4. The third-order valence-electron chi connectivity index (χ3n) is 5.95. The maximum atomic E-state index is 15.4. The Morgan fingerprint density at radius 3 is 2.39 bits per heavy atom. The molecule has 0 aromatic carbocycles. The van der Waals surface area contributed by atoms with Gasteiger partial charge in [0.05, 0.1) is 12.7 Å². The average Bonchev–Trinajstić information content (AvgIpc) is 2.88. The number of halogens is 2. The van der Waals surface area contributed by atoms with Gasteiger partial charge in [-0.3, -0.25) is 15.1 Å². The lowest BCUT2D eigenvalue weighted by molar-refractivity contribution is 0.0560. The standard InChI is InChI=1S/C27H36F2N6O5S/c1-16(2)23(34-25(37)40-26(4,5)6)35-27(7,17(3)12-13-31-41-38)22-19(29)9-11-21(32-22)33-24(36)20-10-8-18(14-30-20)39-15-28/h8-11,14,16-17H,12-13,15H2,1-7H3,(H,32,33,36)(H,34,35,37)/t17-,27+/m1/s1. The molecule has 14 heteroatoms. The number of hydrogen-bond donors (Lipinski definition) is 2. The zero-order valence-corrected chi connectivity index (χ0v) is 25.0. The van der Waals surface area contributed by atoms with Crippen molar-refractivity contribution in [3.8, 4) is 5.75 Å². The zero-order valence-electron chi connectivity index (χ0n) is 24.2. The molecule has 0 aliphatic carbocycles. The first-order chi connectivity index (χ1) is 19.2. The highest BCUT2D eigenvalue weighted by atomic mass is 32.1. The normalized spacial score (nSPS) is 14.0. The Labute approximate surface area is 241 Å². The molecule has 0 saturated heterocycles. The Hall–Kier alpha value is -3.81. The summed E-state index contributed by atoms with van der Waals surface area (Å²) in [6.45, 7) is 11.4. The minimum absolute atomic E-state index is 0.00147. The van der Waals surface area contributed by atoms with Crippen molar-refractivity contribution in [3.05, 3.63) is 47.7 Å². The van der Waals surface area contributed by atoms with E-state index in [2.05, 4.69) is 25.0 Å². The van der Waals surface area contributed by atoms with Gasteiger partial charge in [-0.2, -0.15) is 8.57 Å². The number of pyridine rings is 2. The van der Waals surface area contributed by atoms with Gasteiger partial charge in [0.15, 0.2) is 11.5 Å². The van der Waals surface area contributed by atoms with Crippen molar-refractivity contribution in [1.82, 2.24) is 15.3 Å². The second-order valence-electron chi connectivity index (χ2n) is 10.7. The second kappa shape index (κ2) is 14.7. The van der Waals surface area contributed by atoms with Crippen LogP contribution in [0, 0.1) is 17.7 Å². The Bertz CT molecular complexity index is 1300. The highest BCUT2D eigenvalue weighted by Crippen LogP contribution is 2.37. The van der Waals surface area contributed by atoms with Crippen LogP contribution in [0.3, 0.4) is 0 Å². The van der Waals surface area contributed by atoms with E-state index in [-0.39, 0.29) is 52.7 Å². The molecule has 2 aromatic rings. The van der Waals surface area contributed by atoms with Crippen molar-refractivity contribution in [3.63, 3.8) is 0 Å². The number of alkyl halides is 1. The molecule has 2 amide bonds. The van der Waals surface area contributed by atoms with Crippen LogP contribution in [0.2, 0.25) is 0 Å². The molecular weight excluding hydrogens is 558 g/mol. The van der Waals surface area contributed by atoms with Crippen LogP contribution in [0.4, 0.5) is 19.4 Å². The van der Waals surface area contributed by atoms with Crippen molar-refractivity contribution in [2.24, 2.45) is 21.2 Å². The van der Waals surface area contributed by atoms with Gasteiger partial charge in [-0.1, -0.05) is 20.8 Å². The van der Waals surface area contributed by atoms with Crippen LogP contribution in [0.25, 0.3) is 0 Å². The number of rotatable bonds is 11. The number of amidine groups is 1. The molecular formula is C27H36F2N6O5S. The first-order valence-corrected chi connectivity index (χ1v) is 13.6. The van der Waals surface area contributed by atoms with E-state index in [0.717, 1.165) is 6.07 Å². The average molecular weight is 595 g/mol. The van der Waals surface area contributed by atoms with Gasteiger partial charge in [0, 0.05) is 5.92 Å². The molecule has 2 heterocycles. The lowest BCUT2D eigenvalue weighted by Gasteiger charge is -2.33. The molecule has 0 radical (unpaired) electrons. The monoisotopic (exact) mass is 594 g/mol. The molecule has 11 nitrogen and oxygen atoms in total. The topological polar surface area (TPSA) is 144 Å². The number of nitrogens with one attached hydrogen (secondary N) is 2. The molecule has 0 saturated carbocycles. The SMILES string of the molecule is CC(C)/C(=N\[C@](C)(c1nc(NC(=O)c2ccc(OCF)cn2)ccc1F)[C@H](C)CCN=S=O)NC(=O)OC(C)(C)C. The Kier molecular flexibility index (Phi) is 12.0. The molecule has 0 unspecified atom stereocenters. The van der Waals surface area contributed by atoms with E-state index < -0.39 is 41.7 Å². The van der Waals surface area contributed by atoms with Gasteiger partial charge in [0.1, 0.15) is 45.7 Å². The van der Waals surface area contributed by atoms with Crippen molar-refractivity contribution >= 4 is 35.1 Å². The van der Waals surface area contributed by atoms with Crippen LogP contribution in [0.5, 0.6) is 5.75 Å². The Morgan fingerprint density at radius 2 is 1.83 bits per heavy atom. The summed E-state index contributed by atoms with van der Waals surface area (Å²) in [4.78, 5) is 38.5. The fourth-order valence-electron chi connectivity index (χ4n) is 3.63. The van der Waals surface area contributed by atoms with Gasteiger partial charge in [0.25, 0.3) is 5.91 Å². The number of nitrogens with zero attached hydrogens (tertiary/aromatic N) is 4. The van der Waals surface area contributed by atoms with Crippen molar-refractivity contribution in [2.45, 2.75) is 66.0 Å². The van der Waals surface area contributed by atoms with Crippen LogP contribution < -0.4 is 15.4 Å². The van der Waals surface area contributed by atoms with Crippen LogP contribution in [-0.2, 0) is 21.7 Å². The summed E-state index contributed by atoms with van der Waals surface area (Å²) in [5, 5.41) is 5.25. The molecule has 0 aliphatic rings. The molecule has 2 N–H and O–H groups in total. The van der Waals surface area contributed by atoms with E-state index in [1.807, 2.05) is 13.8 Å². The quantitative estimate of drug-likeness (QED) is 0.262. The van der Waals surface area contributed by atoms with E-state index in [4.69, 9.17) is 14.5 Å². The highest BCUT2D eigenvalue weighted by molar-refractivity contribution is 7.54. The van der Waals surface area contributed by atoms with Gasteiger partial charge in [-0.25, -0.2) is 23.5 Å². The summed E-state index contributed by atoms with van der Waals surface area (Å²) >= 11 is 0.0925. The van der Waals surface area contributed by atoms with Crippen LogP contribution >= 0.6 is 0 Å². The molecule has 0 spiro atoms. The van der Waals surface area contributed by atoms with Crippen molar-refractivity contribution in [2.75, 3.05) is 18.7 Å². The molecule has 2 rings (SSSR count). The number of carbonyl (C=O) groups excluding carboxylic acids is 2. The third kappa shape index (κ3) is 9.95. The largest absolute Gasteiger partial charge is 0.461 e. The number of carbonyl (C=O) groups is 2. The van der Waals surface area contributed by atoms with E-state index in [0.29, 0.717) is 6.42 Å². The summed E-state index contributed by atoms with van der Waals surface area (Å²) in [6.07, 6.45) is 0.826. The maximum Gasteiger partial charge on any atom is 0.413 e. The van der Waals surface area contributed by atoms with Gasteiger partial charge in [-0.05, 0) is 64.3 Å². The predicted molar refractivity (Wildman–Crippen MR) is 151 cm³/mol. The van der Waals surface area contributed by atoms with Crippen LogP contribution in [0.1, 0.15) is 71.1 Å². The molecule has 41 heavy (non-hydrogen) atoms. The first kappa shape index (κ1) is 33.4. The number of aliphatic imine (C=N–C) groups is 1. The Morgan fingerprint density at radius 1 is 1.12 bits per heavy atom. The van der Waals surface area contributed by atoms with Crippen molar-refractivity contribution < 1.29 is 32.1 Å². The summed E-state index contributed by atoms with van der Waals surface area (Å²) < 4.78 is 52.5. The lowest BCUT2D eigenvalue weighted by atomic mass is 9.81. The van der Waals surface area contributed by atoms with Crippen molar-refractivity contribution in [1.29, 1.82) is 0 Å². The van der Waals surface area contributed by atoms with Crippen LogP contribution in [-0.4, -0.2) is 51.0 Å². The summed E-state index contributed by atoms with van der Waals surface area (Å²) in [6, 6.07) is 5.17. The fourth-order valence-corrected chi connectivity index (χ4v) is 3.81. The van der Waals surface area contributed by atoms with Gasteiger partial charge in [0.2, 0.25) is 6.86 Å². The van der Waals surface area contributed by atoms with Gasteiger partial charge in [-0.15, -0.1) is 0 Å².